The second kappa shape index (κ2) is 5.80. The van der Waals surface area contributed by atoms with E-state index in [4.69, 9.17) is 16.3 Å². The maximum absolute atomic E-state index is 5.95. The van der Waals surface area contributed by atoms with Gasteiger partial charge >= 0.3 is 0 Å². The summed E-state index contributed by atoms with van der Waals surface area (Å²) in [5.41, 5.74) is 1.84. The molecule has 2 rings (SSSR count). The van der Waals surface area contributed by atoms with Gasteiger partial charge in [-0.3, -0.25) is 0 Å². The molecule has 0 saturated carbocycles. The normalized spacial score (nSPS) is 10.4. The summed E-state index contributed by atoms with van der Waals surface area (Å²) in [4.78, 5) is 0. The van der Waals surface area contributed by atoms with Crippen LogP contribution in [0.3, 0.4) is 0 Å². The highest BCUT2D eigenvalue weighted by Crippen LogP contribution is 2.24. The lowest BCUT2D eigenvalue weighted by Gasteiger charge is -2.06. The highest BCUT2D eigenvalue weighted by Gasteiger charge is 2.02. The fraction of sp³-hybridized carbons (Fsp3) is 0.231. The minimum atomic E-state index is 0.469. The zero-order chi connectivity index (χ0) is 13.0. The Morgan fingerprint density at radius 2 is 2.06 bits per heavy atom. The Kier molecular flexibility index (Phi) is 4.12. The van der Waals surface area contributed by atoms with Gasteiger partial charge in [0.1, 0.15) is 5.75 Å². The Hall–Kier alpha value is -1.65. The topological polar surface area (TPSA) is 47.0 Å². The minimum Gasteiger partial charge on any atom is -0.438 e. The van der Waals surface area contributed by atoms with E-state index in [1.807, 2.05) is 26.1 Å². The Labute approximate surface area is 111 Å². The third-order valence-electron chi connectivity index (χ3n) is 2.41. The van der Waals surface area contributed by atoms with Crippen LogP contribution >= 0.6 is 11.6 Å². The highest BCUT2D eigenvalue weighted by atomic mass is 35.5. The summed E-state index contributed by atoms with van der Waals surface area (Å²) in [5, 5.41) is 11.8. The van der Waals surface area contributed by atoms with Gasteiger partial charge in [-0.25, -0.2) is 0 Å². The van der Waals surface area contributed by atoms with Crippen molar-refractivity contribution in [3.63, 3.8) is 0 Å². The average Bonchev–Trinajstić information content (AvgIpc) is 2.37. The first-order chi connectivity index (χ1) is 8.69. The summed E-state index contributed by atoms with van der Waals surface area (Å²) in [7, 11) is 1.86. The molecule has 0 spiro atoms. The van der Waals surface area contributed by atoms with Crippen molar-refractivity contribution in [2.45, 2.75) is 13.5 Å². The van der Waals surface area contributed by atoms with Crippen LogP contribution in [0.1, 0.15) is 11.3 Å². The number of hydrogen-bond acceptors (Lipinski definition) is 4. The molecule has 0 aliphatic carbocycles. The van der Waals surface area contributed by atoms with Gasteiger partial charge in [0.2, 0.25) is 5.88 Å². The number of benzene rings is 1. The van der Waals surface area contributed by atoms with Crippen LogP contribution in [0.4, 0.5) is 0 Å². The SMILES string of the molecule is CNCc1ccc(Oc2ccc(Cl)c(C)c2)nn1. The zero-order valence-corrected chi connectivity index (χ0v) is 11.0. The summed E-state index contributed by atoms with van der Waals surface area (Å²) < 4.78 is 5.59. The lowest BCUT2D eigenvalue weighted by molar-refractivity contribution is 0.453. The summed E-state index contributed by atoms with van der Waals surface area (Å²) >= 11 is 5.95. The Morgan fingerprint density at radius 1 is 1.22 bits per heavy atom. The maximum Gasteiger partial charge on any atom is 0.238 e. The summed E-state index contributed by atoms with van der Waals surface area (Å²) in [6.45, 7) is 2.62. The number of aromatic nitrogens is 2. The van der Waals surface area contributed by atoms with Crippen LogP contribution < -0.4 is 10.1 Å². The fourth-order valence-corrected chi connectivity index (χ4v) is 1.60. The van der Waals surface area contributed by atoms with Crippen LogP contribution in [0.15, 0.2) is 30.3 Å². The van der Waals surface area contributed by atoms with Crippen molar-refractivity contribution in [3.05, 3.63) is 46.6 Å². The molecule has 0 unspecified atom stereocenters. The molecular weight excluding hydrogens is 250 g/mol. The third kappa shape index (κ3) is 3.18. The molecule has 0 saturated heterocycles. The van der Waals surface area contributed by atoms with Crippen molar-refractivity contribution in [1.82, 2.24) is 15.5 Å². The second-order valence-electron chi connectivity index (χ2n) is 3.91. The fourth-order valence-electron chi connectivity index (χ4n) is 1.48. The average molecular weight is 264 g/mol. The van der Waals surface area contributed by atoms with E-state index in [0.29, 0.717) is 18.2 Å². The molecule has 4 nitrogen and oxygen atoms in total. The van der Waals surface area contributed by atoms with Gasteiger partial charge in [0, 0.05) is 17.6 Å². The van der Waals surface area contributed by atoms with Gasteiger partial charge in [-0.15, -0.1) is 5.10 Å². The van der Waals surface area contributed by atoms with Crippen molar-refractivity contribution >= 4 is 11.6 Å². The lowest BCUT2D eigenvalue weighted by Crippen LogP contribution is -2.07. The van der Waals surface area contributed by atoms with Gasteiger partial charge < -0.3 is 10.1 Å². The molecule has 0 aliphatic heterocycles. The van der Waals surface area contributed by atoms with E-state index < -0.39 is 0 Å². The van der Waals surface area contributed by atoms with Crippen LogP contribution in [0, 0.1) is 6.92 Å². The smallest absolute Gasteiger partial charge is 0.238 e. The van der Waals surface area contributed by atoms with Gasteiger partial charge in [-0.1, -0.05) is 11.6 Å². The number of nitrogens with zero attached hydrogens (tertiary/aromatic N) is 2. The number of ether oxygens (including phenoxy) is 1. The molecule has 0 bridgehead atoms. The van der Waals surface area contributed by atoms with Gasteiger partial charge in [-0.05, 0) is 43.8 Å². The standard InChI is InChI=1S/C13H14ClN3O/c1-9-7-11(4-5-12(9)14)18-13-6-3-10(8-15-2)16-17-13/h3-7,15H,8H2,1-2H3. The molecule has 5 heteroatoms. The molecule has 2 aromatic rings. The molecule has 0 aliphatic rings. The van der Waals surface area contributed by atoms with Crippen LogP contribution in [-0.2, 0) is 6.54 Å². The number of aryl methyl sites for hydroxylation is 1. The van der Waals surface area contributed by atoms with Crippen LogP contribution in [0.2, 0.25) is 5.02 Å². The third-order valence-corrected chi connectivity index (χ3v) is 2.83. The van der Waals surface area contributed by atoms with Gasteiger partial charge in [0.25, 0.3) is 0 Å². The zero-order valence-electron chi connectivity index (χ0n) is 10.3. The number of halogens is 1. The molecule has 1 aromatic carbocycles. The van der Waals surface area contributed by atoms with E-state index in [1.165, 1.54) is 0 Å². The van der Waals surface area contributed by atoms with E-state index in [-0.39, 0.29) is 0 Å². The predicted octanol–water partition coefficient (Wildman–Crippen LogP) is 2.95. The van der Waals surface area contributed by atoms with E-state index in [9.17, 15) is 0 Å². The first kappa shape index (κ1) is 12.8. The molecule has 0 amide bonds. The number of hydrogen-bond donors (Lipinski definition) is 1. The monoisotopic (exact) mass is 263 g/mol. The molecule has 0 radical (unpaired) electrons. The summed E-state index contributed by atoms with van der Waals surface area (Å²) in [6.07, 6.45) is 0. The first-order valence-electron chi connectivity index (χ1n) is 5.60. The van der Waals surface area contributed by atoms with Crippen molar-refractivity contribution < 1.29 is 4.74 Å². The Balaban J connectivity index is 2.10. The second-order valence-corrected chi connectivity index (χ2v) is 4.31. The van der Waals surface area contributed by atoms with E-state index >= 15 is 0 Å². The Morgan fingerprint density at radius 3 is 2.67 bits per heavy atom. The van der Waals surface area contributed by atoms with Crippen LogP contribution in [-0.4, -0.2) is 17.2 Å². The molecule has 0 fully saturated rings. The van der Waals surface area contributed by atoms with Crippen molar-refractivity contribution in [2.75, 3.05) is 7.05 Å². The van der Waals surface area contributed by atoms with E-state index in [2.05, 4.69) is 15.5 Å². The maximum atomic E-state index is 5.95. The largest absolute Gasteiger partial charge is 0.438 e. The predicted molar refractivity (Wildman–Crippen MR) is 71.1 cm³/mol. The highest BCUT2D eigenvalue weighted by molar-refractivity contribution is 6.31. The molecule has 1 N–H and O–H groups in total. The van der Waals surface area contributed by atoms with Crippen molar-refractivity contribution in [2.24, 2.45) is 0 Å². The molecule has 94 valence electrons. The van der Waals surface area contributed by atoms with Crippen LogP contribution in [0.25, 0.3) is 0 Å². The molecule has 1 heterocycles. The van der Waals surface area contributed by atoms with Crippen molar-refractivity contribution in [1.29, 1.82) is 0 Å². The van der Waals surface area contributed by atoms with Gasteiger partial charge in [0.15, 0.2) is 0 Å². The number of rotatable bonds is 4. The summed E-state index contributed by atoms with van der Waals surface area (Å²) in [5.74, 6) is 1.17. The van der Waals surface area contributed by atoms with E-state index in [0.717, 1.165) is 16.3 Å². The van der Waals surface area contributed by atoms with Gasteiger partial charge in [0.05, 0.1) is 5.69 Å². The molecular formula is C13H14ClN3O. The lowest BCUT2D eigenvalue weighted by atomic mass is 10.2. The van der Waals surface area contributed by atoms with E-state index in [1.54, 1.807) is 18.2 Å². The molecule has 1 aromatic heterocycles. The first-order valence-corrected chi connectivity index (χ1v) is 5.98. The quantitative estimate of drug-likeness (QED) is 0.921. The minimum absolute atomic E-state index is 0.469. The Bertz CT molecular complexity index is 528. The number of nitrogens with one attached hydrogen (secondary N) is 1. The summed E-state index contributed by atoms with van der Waals surface area (Å²) in [6, 6.07) is 9.14. The molecule has 18 heavy (non-hydrogen) atoms. The van der Waals surface area contributed by atoms with Crippen LogP contribution in [0.5, 0.6) is 11.6 Å². The molecule has 0 atom stereocenters. The van der Waals surface area contributed by atoms with Gasteiger partial charge in [-0.2, -0.15) is 5.10 Å². The van der Waals surface area contributed by atoms with Crippen molar-refractivity contribution in [3.8, 4) is 11.6 Å².